The zero-order chi connectivity index (χ0) is 13.8. The highest BCUT2D eigenvalue weighted by Gasteiger charge is 2.43. The fraction of sp³-hybridized carbons (Fsp3) is 0.364. The van der Waals surface area contributed by atoms with E-state index in [1.165, 1.54) is 12.1 Å². The number of hydrogen-bond acceptors (Lipinski definition) is 4. The molecule has 0 bridgehead atoms. The molecule has 1 aromatic carbocycles. The van der Waals surface area contributed by atoms with Gasteiger partial charge < -0.3 is 14.9 Å². The summed E-state index contributed by atoms with van der Waals surface area (Å²) in [6, 6.07) is 7.58. The van der Waals surface area contributed by atoms with E-state index in [9.17, 15) is 18.0 Å². The van der Waals surface area contributed by atoms with Gasteiger partial charge in [0.25, 0.3) is 0 Å². The summed E-state index contributed by atoms with van der Waals surface area (Å²) in [6.45, 7) is -0.936. The predicted octanol–water partition coefficient (Wildman–Crippen LogP) is 1.13. The summed E-state index contributed by atoms with van der Waals surface area (Å²) in [5.74, 6) is -0.871. The molecule has 0 saturated heterocycles. The number of carbonyl (C=O) groups excluding carboxylic acids is 1. The monoisotopic (exact) mass is 264 g/mol. The summed E-state index contributed by atoms with van der Waals surface area (Å²) in [5, 5.41) is 17.7. The molecule has 2 N–H and O–H groups in total. The number of benzene rings is 1. The molecule has 0 aliphatic rings. The normalized spacial score (nSPS) is 14.9. The Labute approximate surface area is 101 Å². The maximum Gasteiger partial charge on any atom is 0.417 e. The second-order valence-corrected chi connectivity index (χ2v) is 3.52. The molecule has 7 heteroatoms. The lowest BCUT2D eigenvalue weighted by molar-refractivity contribution is -0.233. The first-order chi connectivity index (χ1) is 8.32. The number of ether oxygens (including phenoxy) is 1. The lowest BCUT2D eigenvalue weighted by Crippen LogP contribution is -2.42. The number of halogens is 3. The Balaban J connectivity index is 2.49. The van der Waals surface area contributed by atoms with Gasteiger partial charge in [-0.3, -0.25) is 0 Å². The lowest BCUT2D eigenvalue weighted by Gasteiger charge is -2.20. The zero-order valence-corrected chi connectivity index (χ0v) is 9.09. The van der Waals surface area contributed by atoms with Crippen molar-refractivity contribution in [1.29, 1.82) is 0 Å². The second kappa shape index (κ2) is 5.83. The average molecular weight is 264 g/mol. The van der Waals surface area contributed by atoms with Crippen molar-refractivity contribution in [1.82, 2.24) is 0 Å². The van der Waals surface area contributed by atoms with E-state index in [1.807, 2.05) is 0 Å². The molecule has 0 aliphatic carbocycles. The van der Waals surface area contributed by atoms with Crippen molar-refractivity contribution in [3.05, 3.63) is 35.9 Å². The summed E-state index contributed by atoms with van der Waals surface area (Å²) in [7, 11) is 0. The molecule has 0 spiro atoms. The minimum atomic E-state index is -4.96. The van der Waals surface area contributed by atoms with Gasteiger partial charge in [-0.15, -0.1) is 0 Å². The number of rotatable bonds is 4. The van der Waals surface area contributed by atoms with Gasteiger partial charge in [0.15, 0.2) is 6.10 Å². The highest BCUT2D eigenvalue weighted by atomic mass is 19.4. The molecular weight excluding hydrogens is 253 g/mol. The second-order valence-electron chi connectivity index (χ2n) is 3.52. The van der Waals surface area contributed by atoms with Gasteiger partial charge >= 0.3 is 12.1 Å². The summed E-state index contributed by atoms with van der Waals surface area (Å²) < 4.78 is 40.4. The minimum absolute atomic E-state index is 0.145. The van der Waals surface area contributed by atoms with Crippen molar-refractivity contribution in [2.45, 2.75) is 18.4 Å². The van der Waals surface area contributed by atoms with Crippen LogP contribution in [0.15, 0.2) is 30.3 Å². The van der Waals surface area contributed by atoms with Crippen molar-refractivity contribution < 1.29 is 32.9 Å². The smallest absolute Gasteiger partial charge is 0.417 e. The first-order valence-corrected chi connectivity index (χ1v) is 4.97. The molecule has 0 amide bonds. The quantitative estimate of drug-likeness (QED) is 0.800. The Bertz CT molecular complexity index is 391. The third kappa shape index (κ3) is 4.01. The van der Waals surface area contributed by atoms with E-state index in [2.05, 4.69) is 4.74 Å². The van der Waals surface area contributed by atoms with E-state index < -0.39 is 31.0 Å². The first-order valence-electron chi connectivity index (χ1n) is 4.97. The molecule has 0 aliphatic heterocycles. The van der Waals surface area contributed by atoms with Crippen LogP contribution in [0.1, 0.15) is 10.4 Å². The van der Waals surface area contributed by atoms with E-state index in [-0.39, 0.29) is 5.56 Å². The van der Waals surface area contributed by atoms with E-state index in [0.717, 1.165) is 0 Å². The number of esters is 1. The van der Waals surface area contributed by atoms with Crippen LogP contribution >= 0.6 is 0 Å². The van der Waals surface area contributed by atoms with E-state index >= 15 is 0 Å². The summed E-state index contributed by atoms with van der Waals surface area (Å²) in [4.78, 5) is 11.3. The molecule has 18 heavy (non-hydrogen) atoms. The first kappa shape index (κ1) is 14.5. The summed E-state index contributed by atoms with van der Waals surface area (Å²) in [5.41, 5.74) is 0.145. The Morgan fingerprint density at radius 3 is 2.28 bits per heavy atom. The van der Waals surface area contributed by atoms with Crippen molar-refractivity contribution in [3.8, 4) is 0 Å². The van der Waals surface area contributed by atoms with Crippen LogP contribution in [0.3, 0.4) is 0 Å². The molecule has 0 aromatic heterocycles. The van der Waals surface area contributed by atoms with Gasteiger partial charge in [-0.05, 0) is 12.1 Å². The number of aliphatic hydroxyl groups is 2. The SMILES string of the molecule is O=C(OC[C@H](O)[C@H](O)C(F)(F)F)c1ccccc1. The molecular formula is C11H11F3O4. The summed E-state index contributed by atoms with van der Waals surface area (Å²) in [6.07, 6.45) is -10.1. The van der Waals surface area contributed by atoms with E-state index in [1.54, 1.807) is 18.2 Å². The van der Waals surface area contributed by atoms with Crippen molar-refractivity contribution in [2.75, 3.05) is 6.61 Å². The van der Waals surface area contributed by atoms with Crippen LogP contribution in [-0.2, 0) is 4.74 Å². The van der Waals surface area contributed by atoms with Crippen LogP contribution in [0.2, 0.25) is 0 Å². The standard InChI is InChI=1S/C11H11F3O4/c12-11(13,14)9(16)8(15)6-18-10(17)7-4-2-1-3-5-7/h1-5,8-9,15-16H,6H2/t8-,9-/m0/s1. The summed E-state index contributed by atoms with van der Waals surface area (Å²) >= 11 is 0. The number of alkyl halides is 3. The third-order valence-electron chi connectivity index (χ3n) is 2.09. The molecule has 2 atom stereocenters. The molecule has 4 nitrogen and oxygen atoms in total. The predicted molar refractivity (Wildman–Crippen MR) is 54.8 cm³/mol. The number of carbonyl (C=O) groups is 1. The largest absolute Gasteiger partial charge is 0.459 e. The van der Waals surface area contributed by atoms with Crippen molar-refractivity contribution in [3.63, 3.8) is 0 Å². The van der Waals surface area contributed by atoms with Gasteiger partial charge in [0, 0.05) is 0 Å². The Morgan fingerprint density at radius 1 is 1.22 bits per heavy atom. The Hall–Kier alpha value is -1.60. The van der Waals surface area contributed by atoms with Crippen molar-refractivity contribution in [2.24, 2.45) is 0 Å². The maximum absolute atomic E-state index is 12.0. The van der Waals surface area contributed by atoms with Gasteiger partial charge in [-0.1, -0.05) is 18.2 Å². The van der Waals surface area contributed by atoms with Gasteiger partial charge in [0.05, 0.1) is 5.56 Å². The molecule has 0 heterocycles. The molecule has 0 radical (unpaired) electrons. The fourth-order valence-electron chi connectivity index (χ4n) is 1.13. The van der Waals surface area contributed by atoms with Gasteiger partial charge in [-0.25, -0.2) is 4.79 Å². The highest BCUT2D eigenvalue weighted by Crippen LogP contribution is 2.22. The highest BCUT2D eigenvalue weighted by molar-refractivity contribution is 5.89. The molecule has 0 unspecified atom stereocenters. The molecule has 0 fully saturated rings. The fourth-order valence-corrected chi connectivity index (χ4v) is 1.13. The molecule has 1 rings (SSSR count). The maximum atomic E-state index is 12.0. The number of hydrogen-bond donors (Lipinski definition) is 2. The zero-order valence-electron chi connectivity index (χ0n) is 9.09. The lowest BCUT2D eigenvalue weighted by atomic mass is 10.2. The third-order valence-corrected chi connectivity index (χ3v) is 2.09. The van der Waals surface area contributed by atoms with Gasteiger partial charge in [-0.2, -0.15) is 13.2 Å². The van der Waals surface area contributed by atoms with Gasteiger partial charge in [0.2, 0.25) is 0 Å². The van der Waals surface area contributed by atoms with Crippen LogP contribution < -0.4 is 0 Å². The number of aliphatic hydroxyl groups excluding tert-OH is 2. The Kier molecular flexibility index (Phi) is 4.69. The average Bonchev–Trinajstić information content (AvgIpc) is 2.34. The van der Waals surface area contributed by atoms with Gasteiger partial charge in [0.1, 0.15) is 12.7 Å². The van der Waals surface area contributed by atoms with Crippen LogP contribution in [-0.4, -0.2) is 41.2 Å². The van der Waals surface area contributed by atoms with Crippen LogP contribution in [0, 0.1) is 0 Å². The van der Waals surface area contributed by atoms with Crippen LogP contribution in [0.5, 0.6) is 0 Å². The van der Waals surface area contributed by atoms with E-state index in [4.69, 9.17) is 10.2 Å². The molecule has 100 valence electrons. The minimum Gasteiger partial charge on any atom is -0.459 e. The molecule has 0 saturated carbocycles. The van der Waals surface area contributed by atoms with E-state index in [0.29, 0.717) is 0 Å². The molecule has 1 aromatic rings. The Morgan fingerprint density at radius 2 is 1.78 bits per heavy atom. The topological polar surface area (TPSA) is 66.8 Å². The van der Waals surface area contributed by atoms with Crippen LogP contribution in [0.25, 0.3) is 0 Å². The van der Waals surface area contributed by atoms with Crippen molar-refractivity contribution >= 4 is 5.97 Å². The van der Waals surface area contributed by atoms with Crippen LogP contribution in [0.4, 0.5) is 13.2 Å².